The molecular weight excluding hydrogens is 839 g/mol. The standard InChI is InChI=1S/C62H113NO5/c1-4-7-10-13-16-19-22-25-28-31-33-36-39-42-45-48-51-54-60(65)59(57-64)63-61(66)56-58(53-50-47-44-41-38-35-32-29-26-23-20-17-14-11-8-5-2)68-62(67)55-52-49-46-43-40-37-34-30-27-24-21-18-15-12-9-6-3/h23,26,29-30,32,34-35,37-38,40,58-60,64-65H,4-22,24-25,27-28,31,33,36,39,41-57H2,1-3H3,(H,63,66)/b26-23+,32-29+,34-30+,38-35+,40-37+. The van der Waals surface area contributed by atoms with Crippen molar-refractivity contribution < 1.29 is 24.5 Å². The van der Waals surface area contributed by atoms with Gasteiger partial charge in [0, 0.05) is 6.42 Å². The third-order valence-electron chi connectivity index (χ3n) is 13.4. The Morgan fingerprint density at radius 3 is 1.15 bits per heavy atom. The van der Waals surface area contributed by atoms with Crippen molar-refractivity contribution in [1.29, 1.82) is 0 Å². The maximum Gasteiger partial charge on any atom is 0.306 e. The van der Waals surface area contributed by atoms with Crippen LogP contribution >= 0.6 is 0 Å². The minimum atomic E-state index is -0.804. The summed E-state index contributed by atoms with van der Waals surface area (Å²) in [5.74, 6) is -0.531. The van der Waals surface area contributed by atoms with E-state index in [-0.39, 0.29) is 24.9 Å². The fraction of sp³-hybridized carbons (Fsp3) is 0.806. The molecule has 0 aromatic rings. The Bertz CT molecular complexity index is 1210. The van der Waals surface area contributed by atoms with Crippen molar-refractivity contribution in [1.82, 2.24) is 5.32 Å². The van der Waals surface area contributed by atoms with Crippen LogP contribution in [0.3, 0.4) is 0 Å². The minimum absolute atomic E-state index is 0.0440. The number of aliphatic hydroxyl groups excluding tert-OH is 2. The van der Waals surface area contributed by atoms with Crippen molar-refractivity contribution >= 4 is 11.9 Å². The van der Waals surface area contributed by atoms with E-state index in [0.29, 0.717) is 19.3 Å². The first-order valence-electron chi connectivity index (χ1n) is 29.6. The van der Waals surface area contributed by atoms with Crippen LogP contribution < -0.4 is 5.32 Å². The van der Waals surface area contributed by atoms with E-state index in [1.165, 1.54) is 167 Å². The van der Waals surface area contributed by atoms with Gasteiger partial charge in [-0.15, -0.1) is 0 Å². The molecule has 0 fully saturated rings. The number of hydrogen-bond acceptors (Lipinski definition) is 5. The molecule has 0 aliphatic rings. The molecule has 6 nitrogen and oxygen atoms in total. The number of esters is 1. The van der Waals surface area contributed by atoms with Crippen LogP contribution in [0, 0.1) is 0 Å². The number of unbranched alkanes of at least 4 members (excludes halogenated alkanes) is 34. The fourth-order valence-electron chi connectivity index (χ4n) is 8.89. The zero-order valence-corrected chi connectivity index (χ0v) is 45.2. The van der Waals surface area contributed by atoms with Gasteiger partial charge in [0.05, 0.1) is 25.2 Å². The molecule has 6 heteroatoms. The lowest BCUT2D eigenvalue weighted by Crippen LogP contribution is -2.46. The number of carbonyl (C=O) groups is 2. The maximum absolute atomic E-state index is 13.3. The van der Waals surface area contributed by atoms with Gasteiger partial charge in [-0.3, -0.25) is 9.59 Å². The fourth-order valence-corrected chi connectivity index (χ4v) is 8.89. The topological polar surface area (TPSA) is 95.9 Å². The zero-order chi connectivity index (χ0) is 49.5. The number of nitrogens with one attached hydrogen (secondary N) is 1. The lowest BCUT2D eigenvalue weighted by Gasteiger charge is -2.24. The van der Waals surface area contributed by atoms with E-state index < -0.39 is 18.2 Å². The second-order valence-corrected chi connectivity index (χ2v) is 20.1. The average molecular weight is 953 g/mol. The number of rotatable bonds is 53. The van der Waals surface area contributed by atoms with Crippen LogP contribution in [0.1, 0.15) is 297 Å². The number of amides is 1. The van der Waals surface area contributed by atoms with Crippen LogP contribution in [0.25, 0.3) is 0 Å². The average Bonchev–Trinajstić information content (AvgIpc) is 3.33. The van der Waals surface area contributed by atoms with Gasteiger partial charge in [0.25, 0.3) is 0 Å². The van der Waals surface area contributed by atoms with Crippen LogP contribution in [0.4, 0.5) is 0 Å². The van der Waals surface area contributed by atoms with Crippen molar-refractivity contribution in [2.75, 3.05) is 6.61 Å². The summed E-state index contributed by atoms with van der Waals surface area (Å²) in [5, 5.41) is 23.9. The van der Waals surface area contributed by atoms with Crippen LogP contribution in [-0.2, 0) is 14.3 Å². The number of carbonyl (C=O) groups excluding carboxylic acids is 2. The zero-order valence-electron chi connectivity index (χ0n) is 45.2. The van der Waals surface area contributed by atoms with Crippen molar-refractivity contribution in [3.05, 3.63) is 60.8 Å². The molecular formula is C62H113NO5. The molecule has 3 N–H and O–H groups in total. The smallest absolute Gasteiger partial charge is 0.306 e. The molecule has 0 saturated carbocycles. The highest BCUT2D eigenvalue weighted by Crippen LogP contribution is 2.18. The summed E-state index contributed by atoms with van der Waals surface area (Å²) in [6, 6.07) is -0.721. The molecule has 1 amide bonds. The molecule has 0 aliphatic carbocycles. The Morgan fingerprint density at radius 1 is 0.426 bits per heavy atom. The van der Waals surface area contributed by atoms with Gasteiger partial charge in [-0.2, -0.15) is 0 Å². The predicted molar refractivity (Wildman–Crippen MR) is 296 cm³/mol. The normalized spacial score (nSPS) is 13.5. The van der Waals surface area contributed by atoms with Crippen molar-refractivity contribution in [3.63, 3.8) is 0 Å². The summed E-state index contributed by atoms with van der Waals surface area (Å²) in [5.41, 5.74) is 0. The van der Waals surface area contributed by atoms with Gasteiger partial charge >= 0.3 is 5.97 Å². The molecule has 0 bridgehead atoms. The van der Waals surface area contributed by atoms with Crippen LogP contribution in [0.2, 0.25) is 0 Å². The lowest BCUT2D eigenvalue weighted by molar-refractivity contribution is -0.151. The van der Waals surface area contributed by atoms with Crippen molar-refractivity contribution in [2.24, 2.45) is 0 Å². The highest BCUT2D eigenvalue weighted by atomic mass is 16.5. The van der Waals surface area contributed by atoms with Crippen LogP contribution in [0.15, 0.2) is 60.8 Å². The van der Waals surface area contributed by atoms with Crippen LogP contribution in [-0.4, -0.2) is 46.9 Å². The monoisotopic (exact) mass is 952 g/mol. The summed E-state index contributed by atoms with van der Waals surface area (Å²) >= 11 is 0. The Morgan fingerprint density at radius 2 is 0.750 bits per heavy atom. The SMILES string of the molecule is CCCCCCC/C=C/C=C/C=C/CCCCCC(CC(=O)NC(CO)C(O)CCCCCCCCCCCCCCCCCCC)OC(=O)CCCCC/C=C/C=C/CCCCCCCCC. The van der Waals surface area contributed by atoms with Gasteiger partial charge < -0.3 is 20.3 Å². The highest BCUT2D eigenvalue weighted by Gasteiger charge is 2.24. The highest BCUT2D eigenvalue weighted by molar-refractivity contribution is 5.77. The second-order valence-electron chi connectivity index (χ2n) is 20.1. The molecule has 0 aromatic carbocycles. The summed E-state index contributed by atoms with van der Waals surface area (Å²) in [6.45, 7) is 6.48. The number of ether oxygens (including phenoxy) is 1. The molecule has 0 aromatic heterocycles. The molecule has 396 valence electrons. The largest absolute Gasteiger partial charge is 0.462 e. The Kier molecular flexibility index (Phi) is 53.5. The predicted octanol–water partition coefficient (Wildman–Crippen LogP) is 18.4. The van der Waals surface area contributed by atoms with Gasteiger partial charge in [-0.25, -0.2) is 0 Å². The summed E-state index contributed by atoms with van der Waals surface area (Å²) in [7, 11) is 0. The van der Waals surface area contributed by atoms with Crippen molar-refractivity contribution in [2.45, 2.75) is 315 Å². The lowest BCUT2D eigenvalue weighted by atomic mass is 10.0. The number of allylic oxidation sites excluding steroid dienone is 10. The maximum atomic E-state index is 13.3. The van der Waals surface area contributed by atoms with E-state index >= 15 is 0 Å². The van der Waals surface area contributed by atoms with Gasteiger partial charge in [0.15, 0.2) is 0 Å². The van der Waals surface area contributed by atoms with E-state index in [1.807, 2.05) is 0 Å². The van der Waals surface area contributed by atoms with E-state index in [9.17, 15) is 19.8 Å². The Labute approximate surface area is 422 Å². The third-order valence-corrected chi connectivity index (χ3v) is 13.4. The van der Waals surface area contributed by atoms with Gasteiger partial charge in [0.1, 0.15) is 6.10 Å². The minimum Gasteiger partial charge on any atom is -0.462 e. The Hall–Kier alpha value is -2.44. The van der Waals surface area contributed by atoms with Crippen molar-refractivity contribution in [3.8, 4) is 0 Å². The Balaban J connectivity index is 4.64. The summed E-state index contributed by atoms with van der Waals surface area (Å²) < 4.78 is 5.93. The number of hydrogen-bond donors (Lipinski definition) is 3. The van der Waals surface area contributed by atoms with Crippen LogP contribution in [0.5, 0.6) is 0 Å². The first kappa shape index (κ1) is 65.6. The molecule has 3 atom stereocenters. The molecule has 0 aliphatic heterocycles. The first-order valence-corrected chi connectivity index (χ1v) is 29.6. The first-order chi connectivity index (χ1) is 33.5. The quantitative estimate of drug-likeness (QED) is 0.0321. The molecule has 3 unspecified atom stereocenters. The molecule has 0 heterocycles. The summed E-state index contributed by atoms with van der Waals surface area (Å²) in [6.07, 6.45) is 70.0. The van der Waals surface area contributed by atoms with Gasteiger partial charge in [-0.05, 0) is 77.0 Å². The molecule has 0 radical (unpaired) electrons. The molecule has 0 spiro atoms. The van der Waals surface area contributed by atoms with E-state index in [4.69, 9.17) is 4.74 Å². The van der Waals surface area contributed by atoms with E-state index in [1.54, 1.807) is 0 Å². The molecule has 0 rings (SSSR count). The van der Waals surface area contributed by atoms with Gasteiger partial charge in [-0.1, -0.05) is 268 Å². The summed E-state index contributed by atoms with van der Waals surface area (Å²) in [4.78, 5) is 26.3. The van der Waals surface area contributed by atoms with E-state index in [2.05, 4.69) is 86.8 Å². The van der Waals surface area contributed by atoms with Gasteiger partial charge in [0.2, 0.25) is 5.91 Å². The van der Waals surface area contributed by atoms with E-state index in [0.717, 1.165) is 83.5 Å². The molecule has 0 saturated heterocycles. The third kappa shape index (κ3) is 50.0. The number of aliphatic hydroxyl groups is 2. The molecule has 68 heavy (non-hydrogen) atoms. The second kappa shape index (κ2) is 55.5.